The van der Waals surface area contributed by atoms with E-state index in [2.05, 4.69) is 22.3 Å². The van der Waals surface area contributed by atoms with Crippen LogP contribution in [0.25, 0.3) is 0 Å². The number of hydrogen-bond acceptors (Lipinski definition) is 4. The van der Waals surface area contributed by atoms with Gasteiger partial charge < -0.3 is 5.32 Å². The minimum atomic E-state index is -3.45. The number of nitrogens with one attached hydrogen (secondary N) is 1. The molecular weight excluding hydrogens is 360 g/mol. The summed E-state index contributed by atoms with van der Waals surface area (Å²) in [4.78, 5) is 15.3. The molecule has 0 bridgehead atoms. The van der Waals surface area contributed by atoms with Crippen LogP contribution >= 0.6 is 0 Å². The largest absolute Gasteiger partial charge is 0.350 e. The van der Waals surface area contributed by atoms with Gasteiger partial charge in [0.2, 0.25) is 0 Å². The summed E-state index contributed by atoms with van der Waals surface area (Å²) < 4.78 is 24.6. The normalized spacial score (nSPS) is 16.2. The summed E-state index contributed by atoms with van der Waals surface area (Å²) in [6, 6.07) is 16.6. The molecule has 0 aliphatic carbocycles. The average Bonchev–Trinajstić information content (AvgIpc) is 3.23. The van der Waals surface area contributed by atoms with Crippen molar-refractivity contribution in [1.82, 2.24) is 10.2 Å². The zero-order valence-electron chi connectivity index (χ0n) is 15.6. The average molecular weight is 387 g/mol. The first kappa shape index (κ1) is 19.6. The lowest BCUT2D eigenvalue weighted by Gasteiger charge is -2.28. The number of benzene rings is 2. The third kappa shape index (κ3) is 4.57. The van der Waals surface area contributed by atoms with Crippen LogP contribution in [-0.2, 0) is 9.84 Å². The molecule has 1 fully saturated rings. The Bertz CT molecular complexity index is 875. The molecule has 1 atom stereocenters. The Labute approximate surface area is 161 Å². The quantitative estimate of drug-likeness (QED) is 0.794. The molecule has 6 heteroatoms. The van der Waals surface area contributed by atoms with Crippen molar-refractivity contribution in [1.29, 1.82) is 0 Å². The van der Waals surface area contributed by atoms with Gasteiger partial charge in [-0.25, -0.2) is 8.42 Å². The van der Waals surface area contributed by atoms with E-state index in [-0.39, 0.29) is 28.2 Å². The van der Waals surface area contributed by atoms with E-state index in [1.54, 1.807) is 25.1 Å². The van der Waals surface area contributed by atoms with Crippen molar-refractivity contribution in [3.63, 3.8) is 0 Å². The fourth-order valence-electron chi connectivity index (χ4n) is 3.55. The van der Waals surface area contributed by atoms with Crippen molar-refractivity contribution < 1.29 is 13.2 Å². The first-order chi connectivity index (χ1) is 13.0. The molecule has 27 heavy (non-hydrogen) atoms. The van der Waals surface area contributed by atoms with Gasteiger partial charge in [-0.1, -0.05) is 49.4 Å². The van der Waals surface area contributed by atoms with Crippen LogP contribution in [0.5, 0.6) is 0 Å². The molecule has 1 saturated heterocycles. The maximum absolute atomic E-state index is 12.8. The topological polar surface area (TPSA) is 66.5 Å². The van der Waals surface area contributed by atoms with Crippen LogP contribution in [0.3, 0.4) is 0 Å². The van der Waals surface area contributed by atoms with Crippen molar-refractivity contribution in [2.45, 2.75) is 30.7 Å². The van der Waals surface area contributed by atoms with E-state index in [4.69, 9.17) is 0 Å². The lowest BCUT2D eigenvalue weighted by molar-refractivity contribution is 0.0934. The Morgan fingerprint density at radius 3 is 2.33 bits per heavy atom. The minimum Gasteiger partial charge on any atom is -0.350 e. The second-order valence-corrected chi connectivity index (χ2v) is 9.03. The summed E-state index contributed by atoms with van der Waals surface area (Å²) in [5.41, 5.74) is 1.38. The maximum atomic E-state index is 12.8. The first-order valence-electron chi connectivity index (χ1n) is 9.42. The van der Waals surface area contributed by atoms with E-state index < -0.39 is 9.84 Å². The lowest BCUT2D eigenvalue weighted by atomic mass is 10.1. The molecule has 1 heterocycles. The minimum absolute atomic E-state index is 0.0300. The number of carbonyl (C=O) groups is 1. The Hall–Kier alpha value is -2.18. The summed E-state index contributed by atoms with van der Waals surface area (Å²) in [7, 11) is -3.45. The van der Waals surface area contributed by atoms with E-state index in [1.807, 2.05) is 18.2 Å². The van der Waals surface area contributed by atoms with Gasteiger partial charge in [0.15, 0.2) is 9.84 Å². The van der Waals surface area contributed by atoms with Crippen LogP contribution in [0.15, 0.2) is 59.5 Å². The molecule has 1 N–H and O–H groups in total. The van der Waals surface area contributed by atoms with Gasteiger partial charge in [0.25, 0.3) is 5.91 Å². The second kappa shape index (κ2) is 8.67. The molecule has 0 radical (unpaired) electrons. The van der Waals surface area contributed by atoms with Crippen molar-refractivity contribution in [2.24, 2.45) is 0 Å². The van der Waals surface area contributed by atoms with E-state index in [1.165, 1.54) is 6.07 Å². The molecule has 5 nitrogen and oxygen atoms in total. The number of sulfone groups is 1. The lowest BCUT2D eigenvalue weighted by Crippen LogP contribution is -2.37. The third-order valence-corrected chi connectivity index (χ3v) is 6.85. The second-order valence-electron chi connectivity index (χ2n) is 6.78. The molecule has 0 saturated carbocycles. The van der Waals surface area contributed by atoms with Crippen LogP contribution in [0.1, 0.15) is 41.7 Å². The van der Waals surface area contributed by atoms with Crippen LogP contribution in [0, 0.1) is 0 Å². The smallest absolute Gasteiger partial charge is 0.252 e. The summed E-state index contributed by atoms with van der Waals surface area (Å²) in [5.74, 6) is -0.375. The Kier molecular flexibility index (Phi) is 6.29. The van der Waals surface area contributed by atoms with Gasteiger partial charge in [0.1, 0.15) is 0 Å². The molecule has 0 aromatic heterocycles. The number of carbonyl (C=O) groups excluding carboxylic acids is 1. The molecular formula is C21H26N2O3S. The summed E-state index contributed by atoms with van der Waals surface area (Å²) in [6.45, 7) is 4.05. The Morgan fingerprint density at radius 2 is 1.67 bits per heavy atom. The summed E-state index contributed by atoms with van der Waals surface area (Å²) in [6.07, 6.45) is 2.32. The standard InChI is InChI=1S/C21H26N2O3S/c1-2-27(25,26)20-13-7-6-12-18(20)21(24)22-16-19(23-14-8-9-15-23)17-10-4-3-5-11-17/h3-7,10-13,19H,2,8-9,14-16H2,1H3,(H,22,24)/t19-/m1/s1. The molecule has 3 rings (SSSR count). The summed E-state index contributed by atoms with van der Waals surface area (Å²) >= 11 is 0. The van der Waals surface area contributed by atoms with Gasteiger partial charge in [0, 0.05) is 6.54 Å². The Morgan fingerprint density at radius 1 is 1.04 bits per heavy atom. The van der Waals surface area contributed by atoms with E-state index in [9.17, 15) is 13.2 Å². The molecule has 1 aliphatic heterocycles. The molecule has 2 aromatic carbocycles. The highest BCUT2D eigenvalue weighted by atomic mass is 32.2. The molecule has 2 aromatic rings. The van der Waals surface area contributed by atoms with Crippen LogP contribution in [0.2, 0.25) is 0 Å². The Balaban J connectivity index is 1.79. The first-order valence-corrected chi connectivity index (χ1v) is 11.1. The number of amides is 1. The molecule has 144 valence electrons. The number of likely N-dealkylation sites (tertiary alicyclic amines) is 1. The zero-order valence-corrected chi connectivity index (χ0v) is 16.4. The number of rotatable bonds is 7. The van der Waals surface area contributed by atoms with Crippen molar-refractivity contribution in [2.75, 3.05) is 25.4 Å². The molecule has 0 unspecified atom stereocenters. The van der Waals surface area contributed by atoms with Gasteiger partial charge in [-0.2, -0.15) is 0 Å². The third-order valence-electron chi connectivity index (χ3n) is 5.07. The van der Waals surface area contributed by atoms with Gasteiger partial charge in [-0.05, 0) is 43.6 Å². The van der Waals surface area contributed by atoms with Crippen molar-refractivity contribution in [3.8, 4) is 0 Å². The van der Waals surface area contributed by atoms with E-state index >= 15 is 0 Å². The van der Waals surface area contributed by atoms with Crippen LogP contribution in [-0.4, -0.2) is 44.6 Å². The fourth-order valence-corrected chi connectivity index (χ4v) is 4.64. The summed E-state index contributed by atoms with van der Waals surface area (Å²) in [5, 5.41) is 2.97. The maximum Gasteiger partial charge on any atom is 0.252 e. The van der Waals surface area contributed by atoms with E-state index in [0.717, 1.165) is 31.5 Å². The molecule has 1 aliphatic rings. The fraction of sp³-hybridized carbons (Fsp3) is 0.381. The zero-order chi connectivity index (χ0) is 19.3. The number of hydrogen-bond donors (Lipinski definition) is 1. The molecule has 0 spiro atoms. The van der Waals surface area contributed by atoms with Gasteiger partial charge in [-0.15, -0.1) is 0 Å². The van der Waals surface area contributed by atoms with Gasteiger partial charge in [-0.3, -0.25) is 9.69 Å². The van der Waals surface area contributed by atoms with E-state index in [0.29, 0.717) is 6.54 Å². The highest BCUT2D eigenvalue weighted by Crippen LogP contribution is 2.25. The predicted molar refractivity (Wildman–Crippen MR) is 106 cm³/mol. The van der Waals surface area contributed by atoms with Crippen LogP contribution < -0.4 is 5.32 Å². The van der Waals surface area contributed by atoms with Crippen molar-refractivity contribution >= 4 is 15.7 Å². The van der Waals surface area contributed by atoms with Crippen molar-refractivity contribution in [3.05, 3.63) is 65.7 Å². The van der Waals surface area contributed by atoms with Gasteiger partial charge >= 0.3 is 0 Å². The molecule has 1 amide bonds. The van der Waals surface area contributed by atoms with Gasteiger partial charge in [0.05, 0.1) is 22.3 Å². The SMILES string of the molecule is CCS(=O)(=O)c1ccccc1C(=O)NC[C@H](c1ccccc1)N1CCCC1. The predicted octanol–water partition coefficient (Wildman–Crippen LogP) is 3.05. The monoisotopic (exact) mass is 386 g/mol. The van der Waals surface area contributed by atoms with Crippen LogP contribution in [0.4, 0.5) is 0 Å². The number of nitrogens with zero attached hydrogens (tertiary/aromatic N) is 1. The highest BCUT2D eigenvalue weighted by molar-refractivity contribution is 7.91. The highest BCUT2D eigenvalue weighted by Gasteiger charge is 2.25.